The van der Waals surface area contributed by atoms with E-state index in [4.69, 9.17) is 9.47 Å². The second-order valence-electron chi connectivity index (χ2n) is 7.70. The molecule has 0 atom stereocenters. The van der Waals surface area contributed by atoms with E-state index in [0.29, 0.717) is 22.4 Å². The molecule has 4 heterocycles. The number of halogens is 4. The Morgan fingerprint density at radius 1 is 0.639 bits per heavy atom. The zero-order valence-corrected chi connectivity index (χ0v) is 34.2. The van der Waals surface area contributed by atoms with Crippen molar-refractivity contribution < 1.29 is 31.9 Å². The van der Waals surface area contributed by atoms with Crippen molar-refractivity contribution in [2.45, 2.75) is 25.7 Å². The number of ether oxygens (including phenoxy) is 2. The SMILES string of the molecule is C1COCC[N-]1.C1COCC[N-]1.CN1C=CN(CCCCCCN2C=CN(C)[CH-]2)[CH-]1.[I][Pt+2][I].[I][Pt+2][I]. The Bertz CT molecular complexity index is 458. The summed E-state index contributed by atoms with van der Waals surface area (Å²) in [6.45, 7) is 13.5. The summed E-state index contributed by atoms with van der Waals surface area (Å²) >= 11 is 10.6. The van der Waals surface area contributed by atoms with Crippen LogP contribution in [0.25, 0.3) is 10.6 Å². The van der Waals surface area contributed by atoms with Crippen molar-refractivity contribution in [3.63, 3.8) is 0 Å². The van der Waals surface area contributed by atoms with Crippen LogP contribution in [0.1, 0.15) is 25.7 Å². The normalized spacial score (nSPS) is 18.5. The molecule has 14 heteroatoms. The number of morpholine rings is 2. The second-order valence-corrected chi connectivity index (χ2v) is 40.9. The molecule has 0 radical (unpaired) electrons. The molecule has 0 amide bonds. The molecule has 8 nitrogen and oxygen atoms in total. The minimum absolute atomic E-state index is 0.523. The van der Waals surface area contributed by atoms with Crippen LogP contribution in [0.2, 0.25) is 0 Å². The van der Waals surface area contributed by atoms with Crippen LogP contribution >= 0.6 is 77.4 Å². The van der Waals surface area contributed by atoms with Crippen molar-refractivity contribution in [3.05, 3.63) is 48.8 Å². The van der Waals surface area contributed by atoms with E-state index in [9.17, 15) is 0 Å². The molecule has 0 spiro atoms. The van der Waals surface area contributed by atoms with E-state index in [1.807, 2.05) is 0 Å². The Morgan fingerprint density at radius 2 is 0.972 bits per heavy atom. The molecule has 0 N–H and O–H groups in total. The second kappa shape index (κ2) is 30.8. The number of rotatable bonds is 7. The van der Waals surface area contributed by atoms with Gasteiger partial charge in [0, 0.05) is 26.4 Å². The molecule has 0 aromatic rings. The van der Waals surface area contributed by atoms with Gasteiger partial charge in [0.15, 0.2) is 0 Å². The van der Waals surface area contributed by atoms with E-state index >= 15 is 0 Å². The third-order valence-corrected chi connectivity index (χ3v) is 4.81. The van der Waals surface area contributed by atoms with E-state index in [-0.39, 0.29) is 0 Å². The molecule has 0 aliphatic carbocycles. The number of nitrogens with zero attached hydrogens (tertiary/aromatic N) is 6. The molecular formula is C22H40I4N6O2Pt2. The fraction of sp³-hybridized carbons (Fsp3) is 0.727. The molecule has 2 saturated heterocycles. The summed E-state index contributed by atoms with van der Waals surface area (Å²) in [5.74, 6) is 0. The Labute approximate surface area is 279 Å². The van der Waals surface area contributed by atoms with Gasteiger partial charge >= 0.3 is 99.8 Å². The van der Waals surface area contributed by atoms with Crippen LogP contribution in [0, 0.1) is 13.3 Å². The van der Waals surface area contributed by atoms with Gasteiger partial charge in [-0.1, -0.05) is 12.8 Å². The molecule has 0 aromatic carbocycles. The maximum atomic E-state index is 4.98. The zero-order valence-electron chi connectivity index (χ0n) is 21.0. The summed E-state index contributed by atoms with van der Waals surface area (Å²) in [5, 5.41) is 8.10. The fourth-order valence-electron chi connectivity index (χ4n) is 3.15. The van der Waals surface area contributed by atoms with E-state index < -0.39 is 0 Å². The van der Waals surface area contributed by atoms with Gasteiger partial charge < -0.3 is 39.7 Å². The summed E-state index contributed by atoms with van der Waals surface area (Å²) in [6, 6.07) is 0. The van der Waals surface area contributed by atoms with Crippen molar-refractivity contribution in [2.24, 2.45) is 0 Å². The van der Waals surface area contributed by atoms with Gasteiger partial charge in [-0.25, -0.2) is 0 Å². The first-order chi connectivity index (χ1) is 17.6. The maximum absolute atomic E-state index is 4.98. The molecule has 2 fully saturated rings. The predicted octanol–water partition coefficient (Wildman–Crippen LogP) is 6.54. The van der Waals surface area contributed by atoms with E-state index in [1.165, 1.54) is 25.7 Å². The molecule has 0 bridgehead atoms. The van der Waals surface area contributed by atoms with Gasteiger partial charge in [-0.15, -0.1) is 26.2 Å². The third kappa shape index (κ3) is 27.0. The molecular weight excluding hydrogens is 1280 g/mol. The van der Waals surface area contributed by atoms with Crippen LogP contribution in [0.5, 0.6) is 0 Å². The van der Waals surface area contributed by atoms with Crippen LogP contribution in [-0.4, -0.2) is 99.4 Å². The van der Waals surface area contributed by atoms with Crippen molar-refractivity contribution in [3.8, 4) is 0 Å². The molecule has 0 aromatic heterocycles. The third-order valence-electron chi connectivity index (χ3n) is 4.81. The van der Waals surface area contributed by atoms with Crippen LogP contribution in [0.3, 0.4) is 0 Å². The van der Waals surface area contributed by atoms with E-state index in [0.717, 1.165) is 65.7 Å². The molecule has 0 unspecified atom stereocenters. The fourth-order valence-corrected chi connectivity index (χ4v) is 3.15. The minimum atomic E-state index is 0.523. The van der Waals surface area contributed by atoms with Crippen LogP contribution < -0.4 is 0 Å². The number of hydrogen-bond acceptors (Lipinski definition) is 6. The summed E-state index contributed by atoms with van der Waals surface area (Å²) in [4.78, 5) is 8.69. The quantitative estimate of drug-likeness (QED) is 0.164. The molecule has 0 saturated carbocycles. The van der Waals surface area contributed by atoms with E-state index in [2.05, 4.69) is 160 Å². The molecule has 4 rings (SSSR count). The monoisotopic (exact) mass is 1320 g/mol. The van der Waals surface area contributed by atoms with Crippen LogP contribution in [-0.2, 0) is 31.9 Å². The summed E-state index contributed by atoms with van der Waals surface area (Å²) in [5.41, 5.74) is 0. The predicted molar refractivity (Wildman–Crippen MR) is 178 cm³/mol. The van der Waals surface area contributed by atoms with Crippen molar-refractivity contribution >= 4 is 77.4 Å². The van der Waals surface area contributed by atoms with Gasteiger partial charge in [-0.05, 0) is 64.8 Å². The average Bonchev–Trinajstić information content (AvgIpc) is 3.52. The standard InChI is InChI=1S/C14H24N4.2C4H8NO.4HI.2Pt/c1-15-9-11-17(13-15)7-5-3-4-6-8-18-12-10-16(2)14-18;2*1-3-6-4-2-5-1;;;;;;/h9-14H,3-8H2,1-2H3;2*1-4H2;4*1H;;/q-2;2*-1;;;;;2*+4/p-4. The van der Waals surface area contributed by atoms with E-state index in [1.54, 1.807) is 0 Å². The number of hydrogen-bond donors (Lipinski definition) is 0. The molecule has 4 aliphatic heterocycles. The van der Waals surface area contributed by atoms with Gasteiger partial charge in [0.05, 0.1) is 0 Å². The average molecular weight is 1320 g/mol. The van der Waals surface area contributed by atoms with Gasteiger partial charge in [-0.3, -0.25) is 0 Å². The van der Waals surface area contributed by atoms with Gasteiger partial charge in [-0.2, -0.15) is 13.3 Å². The summed E-state index contributed by atoms with van der Waals surface area (Å²) < 4.78 is 9.95. The number of unbranched alkanes of at least 4 members (excludes halogenated alkanes) is 3. The van der Waals surface area contributed by atoms with Crippen molar-refractivity contribution in [1.82, 2.24) is 19.6 Å². The molecule has 4 aliphatic rings. The van der Waals surface area contributed by atoms with Crippen molar-refractivity contribution in [2.75, 3.05) is 79.8 Å². The molecule has 36 heavy (non-hydrogen) atoms. The van der Waals surface area contributed by atoms with Crippen LogP contribution in [0.15, 0.2) is 24.8 Å². The topological polar surface area (TPSA) is 59.6 Å². The van der Waals surface area contributed by atoms with Crippen molar-refractivity contribution in [1.29, 1.82) is 0 Å². The molecule has 218 valence electrons. The first kappa shape index (κ1) is 38.8. The van der Waals surface area contributed by atoms with Gasteiger partial charge in [0.2, 0.25) is 0 Å². The van der Waals surface area contributed by atoms with Crippen LogP contribution in [0.4, 0.5) is 0 Å². The first-order valence-corrected chi connectivity index (χ1v) is 37.4. The Kier molecular flexibility index (Phi) is 33.2. The Balaban J connectivity index is 0.000000552. The summed E-state index contributed by atoms with van der Waals surface area (Å²) in [7, 11) is 4.13. The Hall–Kier alpha value is 2.82. The zero-order chi connectivity index (χ0) is 26.7. The van der Waals surface area contributed by atoms with Gasteiger partial charge in [0.25, 0.3) is 0 Å². The van der Waals surface area contributed by atoms with Gasteiger partial charge in [0.1, 0.15) is 0 Å². The summed E-state index contributed by atoms with van der Waals surface area (Å²) in [6.07, 6.45) is 13.6. The first-order valence-electron chi connectivity index (χ1n) is 11.7. The Morgan fingerprint density at radius 3 is 1.17 bits per heavy atom.